The molecule has 1 aromatic heterocycles. The molecule has 0 atom stereocenters. The Morgan fingerprint density at radius 1 is 0.811 bits per heavy atom. The molecule has 0 fully saturated rings. The van der Waals surface area contributed by atoms with Crippen molar-refractivity contribution in [1.29, 1.82) is 0 Å². The number of hydrogen-bond donors (Lipinski definition) is 0. The Morgan fingerprint density at radius 3 is 1.84 bits per heavy atom. The molecule has 0 saturated heterocycles. The number of alkyl halides is 4. The van der Waals surface area contributed by atoms with Crippen molar-refractivity contribution in [1.82, 2.24) is 4.98 Å². The van der Waals surface area contributed by atoms with E-state index in [9.17, 15) is 27.2 Å². The minimum atomic E-state index is -5.35. The maximum absolute atomic E-state index is 13.7. The van der Waals surface area contributed by atoms with Crippen LogP contribution in [0.15, 0.2) is 85.3 Å². The van der Waals surface area contributed by atoms with Gasteiger partial charge in [0.25, 0.3) is 0 Å². The highest BCUT2D eigenvalue weighted by molar-refractivity contribution is 5.89. The number of nitrogens with zero attached hydrogens (tertiary/aromatic N) is 1. The topological polar surface area (TPSA) is 65.5 Å². The van der Waals surface area contributed by atoms with Crippen LogP contribution in [0.4, 0.5) is 17.6 Å². The minimum Gasteiger partial charge on any atom is -0.393 e. The normalized spacial score (nSPS) is 13.0. The van der Waals surface area contributed by atoms with E-state index in [4.69, 9.17) is 0 Å². The summed E-state index contributed by atoms with van der Waals surface area (Å²) in [6.07, 6.45) is 16.0. The van der Waals surface area contributed by atoms with Gasteiger partial charge in [-0.2, -0.15) is 17.6 Å². The molecule has 37 heavy (non-hydrogen) atoms. The standard InChI is InChI=1S/C28H33F4NO4/c1-2-3-4-5-6-7-8-9-10-11-12-13-14-15-16-17-18-21-25(34)36-27(29,30)28(31,32)37-26(35)24-20-19-22-33-23-24/h3-4,6-7,9-10,12-13,15-16,19-20,22-23H,2,5,8,11,14,17-18,21H2,1H3. The predicted octanol–water partition coefficient (Wildman–Crippen LogP) is 7.89. The van der Waals surface area contributed by atoms with Crippen LogP contribution in [0.25, 0.3) is 0 Å². The van der Waals surface area contributed by atoms with Gasteiger partial charge in [-0.15, -0.1) is 0 Å². The summed E-state index contributed by atoms with van der Waals surface area (Å²) in [6.45, 7) is 2.10. The lowest BCUT2D eigenvalue weighted by molar-refractivity contribution is -0.400. The molecule has 0 aromatic carbocycles. The molecule has 0 bridgehead atoms. The molecule has 9 heteroatoms. The molecule has 0 saturated carbocycles. The Labute approximate surface area is 215 Å². The average Bonchev–Trinajstić information content (AvgIpc) is 2.85. The lowest BCUT2D eigenvalue weighted by atomic mass is 10.2. The molecule has 1 heterocycles. The van der Waals surface area contributed by atoms with E-state index in [-0.39, 0.29) is 6.42 Å². The first kappa shape index (κ1) is 31.5. The fourth-order valence-electron chi connectivity index (χ4n) is 2.70. The highest BCUT2D eigenvalue weighted by Crippen LogP contribution is 2.37. The molecule has 0 aliphatic rings. The van der Waals surface area contributed by atoms with Gasteiger partial charge >= 0.3 is 24.2 Å². The van der Waals surface area contributed by atoms with Crippen molar-refractivity contribution in [2.24, 2.45) is 0 Å². The highest BCUT2D eigenvalue weighted by Gasteiger charge is 2.64. The van der Waals surface area contributed by atoms with Gasteiger partial charge in [0.15, 0.2) is 0 Å². The number of carbonyl (C=O) groups is 2. The predicted molar refractivity (Wildman–Crippen MR) is 134 cm³/mol. The van der Waals surface area contributed by atoms with E-state index in [1.54, 1.807) is 6.08 Å². The summed E-state index contributed by atoms with van der Waals surface area (Å²) < 4.78 is 62.1. The van der Waals surface area contributed by atoms with Crippen LogP contribution < -0.4 is 0 Å². The van der Waals surface area contributed by atoms with E-state index in [0.29, 0.717) is 12.8 Å². The van der Waals surface area contributed by atoms with Gasteiger partial charge in [0, 0.05) is 18.8 Å². The Kier molecular flexibility index (Phi) is 15.2. The van der Waals surface area contributed by atoms with E-state index < -0.39 is 36.1 Å². The molecular formula is C28H33F4NO4. The molecule has 0 radical (unpaired) electrons. The number of allylic oxidation sites excluding steroid dienone is 10. The first-order valence-electron chi connectivity index (χ1n) is 12.1. The van der Waals surface area contributed by atoms with Crippen LogP contribution in [0.5, 0.6) is 0 Å². The van der Waals surface area contributed by atoms with Gasteiger partial charge in [0.2, 0.25) is 0 Å². The van der Waals surface area contributed by atoms with Crippen molar-refractivity contribution >= 4 is 11.9 Å². The molecule has 0 spiro atoms. The third kappa shape index (κ3) is 14.0. The zero-order valence-corrected chi connectivity index (χ0v) is 20.8. The second kappa shape index (κ2) is 17.9. The molecule has 1 rings (SSSR count). The largest absolute Gasteiger partial charge is 0.510 e. The maximum Gasteiger partial charge on any atom is 0.510 e. The SMILES string of the molecule is CCC=CCC=CCC=CCC=CCC=CCCCC(=O)OC(F)(F)C(F)(F)OC(=O)c1cccnc1. The number of rotatable bonds is 17. The second-order valence-corrected chi connectivity index (χ2v) is 7.74. The van der Waals surface area contributed by atoms with Crippen LogP contribution in [0.2, 0.25) is 0 Å². The summed E-state index contributed by atoms with van der Waals surface area (Å²) in [4.78, 5) is 26.7. The van der Waals surface area contributed by atoms with Crippen LogP contribution in [-0.4, -0.2) is 29.1 Å². The van der Waals surface area contributed by atoms with Gasteiger partial charge in [0.05, 0.1) is 5.56 Å². The lowest BCUT2D eigenvalue weighted by Gasteiger charge is -2.24. The Morgan fingerprint density at radius 2 is 1.32 bits per heavy atom. The summed E-state index contributed by atoms with van der Waals surface area (Å²) in [7, 11) is 0. The second-order valence-electron chi connectivity index (χ2n) is 7.74. The van der Waals surface area contributed by atoms with Gasteiger partial charge in [-0.3, -0.25) is 9.78 Å². The maximum atomic E-state index is 13.7. The van der Waals surface area contributed by atoms with Crippen molar-refractivity contribution in [2.45, 2.75) is 70.5 Å². The van der Waals surface area contributed by atoms with Crippen molar-refractivity contribution in [3.63, 3.8) is 0 Å². The van der Waals surface area contributed by atoms with Crippen LogP contribution in [0, 0.1) is 0 Å². The molecule has 5 nitrogen and oxygen atoms in total. The highest BCUT2D eigenvalue weighted by atomic mass is 19.3. The molecule has 1 aromatic rings. The van der Waals surface area contributed by atoms with E-state index >= 15 is 0 Å². The minimum absolute atomic E-state index is 0.126. The van der Waals surface area contributed by atoms with Crippen LogP contribution in [0.1, 0.15) is 68.6 Å². The monoisotopic (exact) mass is 523 g/mol. The molecule has 0 N–H and O–H groups in total. The number of esters is 2. The van der Waals surface area contributed by atoms with Crippen molar-refractivity contribution in [2.75, 3.05) is 0 Å². The Hall–Kier alpha value is -3.49. The van der Waals surface area contributed by atoms with E-state index in [2.05, 4.69) is 57.8 Å². The summed E-state index contributed by atoms with van der Waals surface area (Å²) in [5, 5.41) is 0. The van der Waals surface area contributed by atoms with E-state index in [0.717, 1.165) is 37.9 Å². The number of hydrogen-bond acceptors (Lipinski definition) is 5. The fraction of sp³-hybridized carbons (Fsp3) is 0.393. The van der Waals surface area contributed by atoms with Gasteiger partial charge in [-0.25, -0.2) is 4.79 Å². The lowest BCUT2D eigenvalue weighted by Crippen LogP contribution is -2.47. The number of pyridine rings is 1. The zero-order chi connectivity index (χ0) is 27.4. The first-order chi connectivity index (χ1) is 17.7. The van der Waals surface area contributed by atoms with E-state index in [1.807, 2.05) is 18.2 Å². The fourth-order valence-corrected chi connectivity index (χ4v) is 2.70. The van der Waals surface area contributed by atoms with Crippen LogP contribution >= 0.6 is 0 Å². The van der Waals surface area contributed by atoms with Gasteiger partial charge in [-0.05, 0) is 57.1 Å². The first-order valence-corrected chi connectivity index (χ1v) is 12.1. The Balaban J connectivity index is 2.23. The molecule has 0 unspecified atom stereocenters. The molecule has 0 aliphatic carbocycles. The number of unbranched alkanes of at least 4 members (excludes halogenated alkanes) is 1. The quantitative estimate of drug-likeness (QED) is 0.0899. The summed E-state index contributed by atoms with van der Waals surface area (Å²) in [6, 6.07) is 2.30. The van der Waals surface area contributed by atoms with Crippen LogP contribution in [-0.2, 0) is 14.3 Å². The molecule has 202 valence electrons. The molecule has 0 aliphatic heterocycles. The third-order valence-corrected chi connectivity index (χ3v) is 4.61. The third-order valence-electron chi connectivity index (χ3n) is 4.61. The van der Waals surface area contributed by atoms with E-state index in [1.165, 1.54) is 12.3 Å². The summed E-state index contributed by atoms with van der Waals surface area (Å²) in [5.74, 6) is -3.26. The van der Waals surface area contributed by atoms with Crippen molar-refractivity contribution < 1.29 is 36.6 Å². The number of halogens is 4. The molecular weight excluding hydrogens is 490 g/mol. The van der Waals surface area contributed by atoms with Gasteiger partial charge in [-0.1, -0.05) is 67.7 Å². The van der Waals surface area contributed by atoms with Gasteiger partial charge < -0.3 is 9.47 Å². The summed E-state index contributed by atoms with van der Waals surface area (Å²) in [5.41, 5.74) is -0.457. The van der Waals surface area contributed by atoms with Crippen molar-refractivity contribution in [3.05, 3.63) is 90.9 Å². The molecule has 0 amide bonds. The van der Waals surface area contributed by atoms with Crippen LogP contribution in [0.3, 0.4) is 0 Å². The van der Waals surface area contributed by atoms with Gasteiger partial charge in [0.1, 0.15) is 0 Å². The zero-order valence-electron chi connectivity index (χ0n) is 20.8. The number of aromatic nitrogens is 1. The average molecular weight is 524 g/mol. The summed E-state index contributed by atoms with van der Waals surface area (Å²) >= 11 is 0. The number of ether oxygens (including phenoxy) is 2. The smallest absolute Gasteiger partial charge is 0.393 e. The number of carbonyl (C=O) groups excluding carboxylic acids is 2. The van der Waals surface area contributed by atoms with Crippen molar-refractivity contribution in [3.8, 4) is 0 Å². The Bertz CT molecular complexity index is 954.